The van der Waals surface area contributed by atoms with Crippen molar-refractivity contribution in [2.24, 2.45) is 5.41 Å². The molecule has 0 fully saturated rings. The van der Waals surface area contributed by atoms with E-state index in [4.69, 9.17) is 5.11 Å². The first-order valence-electron chi connectivity index (χ1n) is 6.02. The number of carbonyl (C=O) groups is 1. The Hall–Kier alpha value is -1.52. The average Bonchev–Trinajstić information content (AvgIpc) is 2.28. The van der Waals surface area contributed by atoms with Gasteiger partial charge in [-0.25, -0.2) is 0 Å². The second kappa shape index (κ2) is 5.63. The number of hydrogen-bond acceptors (Lipinski definition) is 1. The molecule has 0 amide bonds. The Balaban J connectivity index is 2.54. The normalized spacial score (nSPS) is 12.5. The van der Waals surface area contributed by atoms with Crippen LogP contribution in [0.1, 0.15) is 37.8 Å². The van der Waals surface area contributed by atoms with Gasteiger partial charge in [0.25, 0.3) is 0 Å². The van der Waals surface area contributed by atoms with Gasteiger partial charge in [0.05, 0.1) is 11.0 Å². The van der Waals surface area contributed by atoms with E-state index >= 15 is 0 Å². The lowest BCUT2D eigenvalue weighted by atomic mass is 9.87. The molecule has 0 radical (unpaired) electrons. The molecule has 106 valence electrons. The van der Waals surface area contributed by atoms with Crippen molar-refractivity contribution in [2.75, 3.05) is 0 Å². The summed E-state index contributed by atoms with van der Waals surface area (Å²) >= 11 is 0. The Labute approximate surface area is 110 Å². The smallest absolute Gasteiger partial charge is 0.416 e. The van der Waals surface area contributed by atoms with Gasteiger partial charge in [-0.15, -0.1) is 0 Å². The Kier molecular flexibility index (Phi) is 4.61. The lowest BCUT2D eigenvalue weighted by Crippen LogP contribution is -2.23. The fourth-order valence-electron chi connectivity index (χ4n) is 1.70. The summed E-state index contributed by atoms with van der Waals surface area (Å²) < 4.78 is 37.1. The van der Waals surface area contributed by atoms with E-state index in [9.17, 15) is 18.0 Å². The SMILES string of the molecule is CC(C)(CCCc1ccc(C(F)(F)F)cc1)C(=O)O. The van der Waals surface area contributed by atoms with Crippen LogP contribution in [0, 0.1) is 5.41 Å². The lowest BCUT2D eigenvalue weighted by molar-refractivity contribution is -0.147. The summed E-state index contributed by atoms with van der Waals surface area (Å²) in [5, 5.41) is 8.94. The lowest BCUT2D eigenvalue weighted by Gasteiger charge is -2.18. The van der Waals surface area contributed by atoms with Gasteiger partial charge in [0.1, 0.15) is 0 Å². The summed E-state index contributed by atoms with van der Waals surface area (Å²) in [6.07, 6.45) is -2.62. The monoisotopic (exact) mass is 274 g/mol. The van der Waals surface area contributed by atoms with Gasteiger partial charge in [-0.3, -0.25) is 4.79 Å². The Bertz CT molecular complexity index is 433. The van der Waals surface area contributed by atoms with E-state index in [0.29, 0.717) is 19.3 Å². The summed E-state index contributed by atoms with van der Waals surface area (Å²) in [5.41, 5.74) is -0.678. The maximum absolute atomic E-state index is 12.4. The molecule has 0 saturated heterocycles. The minimum atomic E-state index is -4.32. The predicted molar refractivity (Wildman–Crippen MR) is 65.8 cm³/mol. The molecule has 0 bridgehead atoms. The van der Waals surface area contributed by atoms with E-state index in [-0.39, 0.29) is 0 Å². The zero-order chi connectivity index (χ0) is 14.7. The molecule has 2 nitrogen and oxygen atoms in total. The maximum atomic E-state index is 12.4. The van der Waals surface area contributed by atoms with Crippen LogP contribution in [0.4, 0.5) is 13.2 Å². The molecular formula is C14H17F3O2. The zero-order valence-electron chi connectivity index (χ0n) is 10.9. The first-order valence-corrected chi connectivity index (χ1v) is 6.02. The zero-order valence-corrected chi connectivity index (χ0v) is 10.9. The van der Waals surface area contributed by atoms with E-state index in [0.717, 1.165) is 17.7 Å². The first-order chi connectivity index (χ1) is 8.63. The van der Waals surface area contributed by atoms with Crippen molar-refractivity contribution in [1.29, 1.82) is 0 Å². The van der Waals surface area contributed by atoms with Crippen LogP contribution in [-0.4, -0.2) is 11.1 Å². The quantitative estimate of drug-likeness (QED) is 0.876. The molecule has 1 aromatic carbocycles. The second-order valence-corrected chi connectivity index (χ2v) is 5.24. The van der Waals surface area contributed by atoms with Crippen molar-refractivity contribution in [2.45, 2.75) is 39.3 Å². The highest BCUT2D eigenvalue weighted by Gasteiger charge is 2.30. The highest BCUT2D eigenvalue weighted by Crippen LogP contribution is 2.29. The third kappa shape index (κ3) is 4.58. The van der Waals surface area contributed by atoms with Crippen molar-refractivity contribution in [1.82, 2.24) is 0 Å². The number of hydrogen-bond donors (Lipinski definition) is 1. The molecular weight excluding hydrogens is 257 g/mol. The summed E-state index contributed by atoms with van der Waals surface area (Å²) in [6.45, 7) is 3.28. The van der Waals surface area contributed by atoms with E-state index in [2.05, 4.69) is 0 Å². The van der Waals surface area contributed by atoms with Crippen LogP contribution in [0.5, 0.6) is 0 Å². The van der Waals surface area contributed by atoms with Crippen molar-refractivity contribution in [3.63, 3.8) is 0 Å². The van der Waals surface area contributed by atoms with Crippen LogP contribution in [0.2, 0.25) is 0 Å². The van der Waals surface area contributed by atoms with Crippen molar-refractivity contribution >= 4 is 5.97 Å². The number of aliphatic carboxylic acids is 1. The van der Waals surface area contributed by atoms with Gasteiger partial charge in [0.15, 0.2) is 0 Å². The highest BCUT2D eigenvalue weighted by atomic mass is 19.4. The number of halogens is 3. The van der Waals surface area contributed by atoms with Crippen LogP contribution in [-0.2, 0) is 17.4 Å². The summed E-state index contributed by atoms with van der Waals surface area (Å²) in [7, 11) is 0. The standard InChI is InChI=1S/C14H17F3O2/c1-13(2,12(18)19)9-3-4-10-5-7-11(8-6-10)14(15,16)17/h5-8H,3-4,9H2,1-2H3,(H,18,19). The molecule has 0 heterocycles. The third-order valence-electron chi connectivity index (χ3n) is 3.13. The highest BCUT2D eigenvalue weighted by molar-refractivity contribution is 5.73. The van der Waals surface area contributed by atoms with Crippen LogP contribution in [0.3, 0.4) is 0 Å². The Morgan fingerprint density at radius 1 is 1.16 bits per heavy atom. The second-order valence-electron chi connectivity index (χ2n) is 5.24. The van der Waals surface area contributed by atoms with Crippen LogP contribution >= 0.6 is 0 Å². The van der Waals surface area contributed by atoms with Crippen molar-refractivity contribution in [3.8, 4) is 0 Å². The number of carboxylic acid groups (broad SMARTS) is 1. The molecule has 1 rings (SSSR count). The van der Waals surface area contributed by atoms with Gasteiger partial charge >= 0.3 is 12.1 Å². The van der Waals surface area contributed by atoms with Crippen LogP contribution in [0.15, 0.2) is 24.3 Å². The van der Waals surface area contributed by atoms with Gasteiger partial charge in [-0.2, -0.15) is 13.2 Å². The van der Waals surface area contributed by atoms with Gasteiger partial charge < -0.3 is 5.11 Å². The third-order valence-corrected chi connectivity index (χ3v) is 3.13. The fraction of sp³-hybridized carbons (Fsp3) is 0.500. The molecule has 0 aromatic heterocycles. The first kappa shape index (κ1) is 15.5. The Morgan fingerprint density at radius 3 is 2.11 bits per heavy atom. The van der Waals surface area contributed by atoms with Crippen LogP contribution in [0.25, 0.3) is 0 Å². The number of benzene rings is 1. The van der Waals surface area contributed by atoms with E-state index in [1.165, 1.54) is 12.1 Å². The fourth-order valence-corrected chi connectivity index (χ4v) is 1.70. The largest absolute Gasteiger partial charge is 0.481 e. The molecule has 5 heteroatoms. The molecule has 0 aliphatic carbocycles. The van der Waals surface area contributed by atoms with Crippen molar-refractivity contribution in [3.05, 3.63) is 35.4 Å². The molecule has 1 N–H and O–H groups in total. The Morgan fingerprint density at radius 2 is 1.68 bits per heavy atom. The molecule has 1 aromatic rings. The summed E-state index contributed by atoms with van der Waals surface area (Å²) in [4.78, 5) is 10.9. The predicted octanol–water partition coefficient (Wildman–Crippen LogP) is 4.14. The molecule has 0 saturated carbocycles. The number of aryl methyl sites for hydroxylation is 1. The van der Waals surface area contributed by atoms with Gasteiger partial charge in [0.2, 0.25) is 0 Å². The van der Waals surface area contributed by atoms with Crippen LogP contribution < -0.4 is 0 Å². The summed E-state index contributed by atoms with van der Waals surface area (Å²) in [5.74, 6) is -0.861. The number of carboxylic acids is 1. The molecule has 0 spiro atoms. The van der Waals surface area contributed by atoms with E-state index < -0.39 is 23.1 Å². The topological polar surface area (TPSA) is 37.3 Å². The van der Waals surface area contributed by atoms with Gasteiger partial charge in [-0.05, 0) is 50.8 Å². The molecule has 0 aliphatic heterocycles. The molecule has 0 atom stereocenters. The van der Waals surface area contributed by atoms with Gasteiger partial charge in [0, 0.05) is 0 Å². The number of alkyl halides is 3. The average molecular weight is 274 g/mol. The molecule has 19 heavy (non-hydrogen) atoms. The molecule has 0 unspecified atom stereocenters. The van der Waals surface area contributed by atoms with Crippen molar-refractivity contribution < 1.29 is 23.1 Å². The minimum absolute atomic E-state index is 0.489. The maximum Gasteiger partial charge on any atom is 0.416 e. The summed E-state index contributed by atoms with van der Waals surface area (Å²) in [6, 6.07) is 4.99. The van der Waals surface area contributed by atoms with E-state index in [1.54, 1.807) is 13.8 Å². The van der Waals surface area contributed by atoms with E-state index in [1.807, 2.05) is 0 Å². The number of rotatable bonds is 5. The van der Waals surface area contributed by atoms with Gasteiger partial charge in [-0.1, -0.05) is 12.1 Å². The molecule has 0 aliphatic rings. The minimum Gasteiger partial charge on any atom is -0.481 e.